The van der Waals surface area contributed by atoms with Crippen molar-refractivity contribution in [1.29, 1.82) is 5.26 Å². The Balaban J connectivity index is 2.03. The van der Waals surface area contributed by atoms with E-state index in [4.69, 9.17) is 5.26 Å². The number of aromatic nitrogens is 1. The fraction of sp³-hybridized carbons (Fsp3) is 0.200. The van der Waals surface area contributed by atoms with Gasteiger partial charge in [0.2, 0.25) is 0 Å². The van der Waals surface area contributed by atoms with E-state index < -0.39 is 0 Å². The average Bonchev–Trinajstić information content (AvgIpc) is 2.42. The molecule has 1 aromatic heterocycles. The van der Waals surface area contributed by atoms with Crippen molar-refractivity contribution in [2.75, 3.05) is 7.05 Å². The number of halogens is 1. The molecule has 1 heterocycles. The minimum atomic E-state index is -0.333. The largest absolute Gasteiger partial charge is 0.298 e. The van der Waals surface area contributed by atoms with E-state index in [1.165, 1.54) is 6.07 Å². The summed E-state index contributed by atoms with van der Waals surface area (Å²) in [5.41, 5.74) is 2.07. The van der Waals surface area contributed by atoms with Crippen LogP contribution in [0.25, 0.3) is 0 Å². The lowest BCUT2D eigenvalue weighted by Gasteiger charge is -2.17. The van der Waals surface area contributed by atoms with Crippen LogP contribution < -0.4 is 0 Å². The van der Waals surface area contributed by atoms with Crippen molar-refractivity contribution >= 4 is 0 Å². The Morgan fingerprint density at radius 2 is 1.95 bits per heavy atom. The number of nitriles is 1. The molecule has 2 aromatic rings. The zero-order valence-corrected chi connectivity index (χ0v) is 10.7. The van der Waals surface area contributed by atoms with Gasteiger partial charge in [-0.3, -0.25) is 9.88 Å². The van der Waals surface area contributed by atoms with Crippen molar-refractivity contribution in [2.24, 2.45) is 0 Å². The summed E-state index contributed by atoms with van der Waals surface area (Å²) < 4.78 is 13.7. The average molecular weight is 255 g/mol. The predicted molar refractivity (Wildman–Crippen MR) is 70.5 cm³/mol. The molecule has 0 saturated heterocycles. The minimum Gasteiger partial charge on any atom is -0.298 e. The van der Waals surface area contributed by atoms with Gasteiger partial charge in [-0.05, 0) is 36.9 Å². The Kier molecular flexibility index (Phi) is 4.22. The Labute approximate surface area is 111 Å². The third-order valence-electron chi connectivity index (χ3n) is 2.82. The number of nitrogens with zero attached hydrogens (tertiary/aromatic N) is 3. The first-order valence-electron chi connectivity index (χ1n) is 5.95. The summed E-state index contributed by atoms with van der Waals surface area (Å²) in [6, 6.07) is 10.4. The normalized spacial score (nSPS) is 10.4. The number of rotatable bonds is 4. The second kappa shape index (κ2) is 6.07. The lowest BCUT2D eigenvalue weighted by molar-refractivity contribution is 0.313. The van der Waals surface area contributed by atoms with Gasteiger partial charge in [0.25, 0.3) is 0 Å². The molecule has 0 saturated carbocycles. The van der Waals surface area contributed by atoms with Crippen LogP contribution in [-0.2, 0) is 13.1 Å². The molecule has 0 aliphatic carbocycles. The number of hydrogen-bond donors (Lipinski definition) is 0. The summed E-state index contributed by atoms with van der Waals surface area (Å²) in [5.74, 6) is -0.333. The quantitative estimate of drug-likeness (QED) is 0.843. The molecule has 0 radical (unpaired) electrons. The first kappa shape index (κ1) is 13.2. The highest BCUT2D eigenvalue weighted by Crippen LogP contribution is 2.13. The topological polar surface area (TPSA) is 39.9 Å². The molecule has 3 nitrogen and oxygen atoms in total. The molecule has 0 bridgehead atoms. The SMILES string of the molecule is CN(Cc1ccncc1)Cc1ccc(C#N)cc1F. The molecule has 96 valence electrons. The van der Waals surface area contributed by atoms with Crippen LogP contribution >= 0.6 is 0 Å². The van der Waals surface area contributed by atoms with E-state index >= 15 is 0 Å². The summed E-state index contributed by atoms with van der Waals surface area (Å²) in [6.07, 6.45) is 3.48. The first-order valence-corrected chi connectivity index (χ1v) is 5.95. The van der Waals surface area contributed by atoms with Crippen molar-refractivity contribution < 1.29 is 4.39 Å². The first-order chi connectivity index (χ1) is 9.19. The van der Waals surface area contributed by atoms with Crippen LogP contribution in [0, 0.1) is 17.1 Å². The molecule has 2 rings (SSSR count). The second-order valence-corrected chi connectivity index (χ2v) is 4.45. The van der Waals surface area contributed by atoms with Gasteiger partial charge in [-0.15, -0.1) is 0 Å². The fourth-order valence-corrected chi connectivity index (χ4v) is 1.89. The Morgan fingerprint density at radius 1 is 1.21 bits per heavy atom. The molecule has 0 amide bonds. The van der Waals surface area contributed by atoms with Gasteiger partial charge in [-0.25, -0.2) is 4.39 Å². The minimum absolute atomic E-state index is 0.333. The van der Waals surface area contributed by atoms with E-state index in [0.29, 0.717) is 17.7 Å². The maximum Gasteiger partial charge on any atom is 0.129 e. The highest BCUT2D eigenvalue weighted by Gasteiger charge is 2.07. The van der Waals surface area contributed by atoms with Gasteiger partial charge in [-0.1, -0.05) is 6.07 Å². The maximum atomic E-state index is 13.7. The molecule has 1 aromatic carbocycles. The molecule has 0 spiro atoms. The van der Waals surface area contributed by atoms with E-state index in [1.807, 2.05) is 30.1 Å². The molecule has 0 unspecified atom stereocenters. The summed E-state index contributed by atoms with van der Waals surface area (Å²) >= 11 is 0. The fourth-order valence-electron chi connectivity index (χ4n) is 1.89. The highest BCUT2D eigenvalue weighted by atomic mass is 19.1. The zero-order chi connectivity index (χ0) is 13.7. The van der Waals surface area contributed by atoms with Crippen molar-refractivity contribution in [3.63, 3.8) is 0 Å². The van der Waals surface area contributed by atoms with Gasteiger partial charge in [0.15, 0.2) is 0 Å². The van der Waals surface area contributed by atoms with Gasteiger partial charge in [0.05, 0.1) is 11.6 Å². The van der Waals surface area contributed by atoms with Crippen LogP contribution in [0.15, 0.2) is 42.7 Å². The molecule has 4 heteroatoms. The van der Waals surface area contributed by atoms with E-state index in [-0.39, 0.29) is 5.82 Å². The van der Waals surface area contributed by atoms with Crippen molar-refractivity contribution in [2.45, 2.75) is 13.1 Å². The van der Waals surface area contributed by atoms with Gasteiger partial charge in [0.1, 0.15) is 5.82 Å². The van der Waals surface area contributed by atoms with Gasteiger partial charge >= 0.3 is 0 Å². The molecule has 0 atom stereocenters. The van der Waals surface area contributed by atoms with Gasteiger partial charge < -0.3 is 0 Å². The number of pyridine rings is 1. The molecular weight excluding hydrogens is 241 g/mol. The Bertz CT molecular complexity index is 590. The monoisotopic (exact) mass is 255 g/mol. The van der Waals surface area contributed by atoms with Crippen LogP contribution in [0.1, 0.15) is 16.7 Å². The van der Waals surface area contributed by atoms with Gasteiger partial charge in [0, 0.05) is 31.0 Å². The molecule has 19 heavy (non-hydrogen) atoms. The standard InChI is InChI=1S/C15H14FN3/c1-19(10-12-4-6-18-7-5-12)11-14-3-2-13(9-17)8-15(14)16/h2-8H,10-11H2,1H3. The van der Waals surface area contributed by atoms with E-state index in [1.54, 1.807) is 24.5 Å². The third-order valence-corrected chi connectivity index (χ3v) is 2.82. The van der Waals surface area contributed by atoms with Crippen LogP contribution in [-0.4, -0.2) is 16.9 Å². The summed E-state index contributed by atoms with van der Waals surface area (Å²) in [4.78, 5) is 5.97. The van der Waals surface area contributed by atoms with E-state index in [9.17, 15) is 4.39 Å². The molecule has 0 fully saturated rings. The lowest BCUT2D eigenvalue weighted by Crippen LogP contribution is -2.18. The van der Waals surface area contributed by atoms with Crippen molar-refractivity contribution in [1.82, 2.24) is 9.88 Å². The molecule has 0 aliphatic heterocycles. The Morgan fingerprint density at radius 3 is 2.58 bits per heavy atom. The highest BCUT2D eigenvalue weighted by molar-refractivity contribution is 5.32. The molecular formula is C15H14FN3. The summed E-state index contributed by atoms with van der Waals surface area (Å²) in [5, 5.41) is 8.70. The van der Waals surface area contributed by atoms with Crippen LogP contribution in [0.2, 0.25) is 0 Å². The smallest absolute Gasteiger partial charge is 0.129 e. The van der Waals surface area contributed by atoms with Crippen molar-refractivity contribution in [3.8, 4) is 6.07 Å². The van der Waals surface area contributed by atoms with E-state index in [0.717, 1.165) is 12.1 Å². The summed E-state index contributed by atoms with van der Waals surface area (Å²) in [6.45, 7) is 1.22. The second-order valence-electron chi connectivity index (χ2n) is 4.45. The Hall–Kier alpha value is -2.25. The molecule has 0 N–H and O–H groups in total. The predicted octanol–water partition coefficient (Wildman–Crippen LogP) is 2.72. The van der Waals surface area contributed by atoms with Gasteiger partial charge in [-0.2, -0.15) is 5.26 Å². The number of benzene rings is 1. The lowest BCUT2D eigenvalue weighted by atomic mass is 10.1. The van der Waals surface area contributed by atoms with E-state index in [2.05, 4.69) is 4.98 Å². The van der Waals surface area contributed by atoms with Crippen LogP contribution in [0.3, 0.4) is 0 Å². The van der Waals surface area contributed by atoms with Crippen molar-refractivity contribution in [3.05, 3.63) is 65.2 Å². The number of hydrogen-bond acceptors (Lipinski definition) is 3. The van der Waals surface area contributed by atoms with Crippen LogP contribution in [0.5, 0.6) is 0 Å². The van der Waals surface area contributed by atoms with Crippen LogP contribution in [0.4, 0.5) is 4.39 Å². The zero-order valence-electron chi connectivity index (χ0n) is 10.7. The third kappa shape index (κ3) is 3.60. The maximum absolute atomic E-state index is 13.7. The molecule has 0 aliphatic rings. The summed E-state index contributed by atoms with van der Waals surface area (Å²) in [7, 11) is 1.93.